The molecule has 1 unspecified atom stereocenters. The van der Waals surface area contributed by atoms with E-state index < -0.39 is 0 Å². The number of hydrogen-bond donors (Lipinski definition) is 3. The van der Waals surface area contributed by atoms with Crippen molar-refractivity contribution in [1.82, 2.24) is 15.5 Å². The van der Waals surface area contributed by atoms with Crippen LogP contribution in [0.15, 0.2) is 97.1 Å². The molecule has 1 atom stereocenters. The molecule has 1 heterocycles. The van der Waals surface area contributed by atoms with Crippen molar-refractivity contribution < 1.29 is 9.59 Å². The Bertz CT molecular complexity index is 1360. The Morgan fingerprint density at radius 3 is 2.35 bits per heavy atom. The highest BCUT2D eigenvalue weighted by molar-refractivity contribution is 5.94. The summed E-state index contributed by atoms with van der Waals surface area (Å²) < 4.78 is 0. The van der Waals surface area contributed by atoms with Crippen molar-refractivity contribution in [3.8, 4) is 11.1 Å². The van der Waals surface area contributed by atoms with E-state index >= 15 is 0 Å². The molecule has 1 aliphatic rings. The number of carbonyl (C=O) groups excluding carboxylic acids is 2. The van der Waals surface area contributed by atoms with E-state index in [-0.39, 0.29) is 24.4 Å². The zero-order chi connectivity index (χ0) is 28.2. The lowest BCUT2D eigenvalue weighted by atomic mass is 10.0. The van der Waals surface area contributed by atoms with Crippen molar-refractivity contribution in [1.29, 1.82) is 0 Å². The van der Waals surface area contributed by atoms with Crippen LogP contribution in [0.5, 0.6) is 0 Å². The fourth-order valence-corrected chi connectivity index (χ4v) is 4.83. The van der Waals surface area contributed by atoms with Crippen LogP contribution in [0.3, 0.4) is 0 Å². The molecule has 5 rings (SSSR count). The smallest absolute Gasteiger partial charge is 0.251 e. The first-order valence-corrected chi connectivity index (χ1v) is 14.2. The van der Waals surface area contributed by atoms with Gasteiger partial charge in [0.2, 0.25) is 5.91 Å². The van der Waals surface area contributed by atoms with Crippen LogP contribution >= 0.6 is 0 Å². The maximum absolute atomic E-state index is 12.8. The van der Waals surface area contributed by atoms with E-state index in [9.17, 15) is 9.59 Å². The van der Waals surface area contributed by atoms with Gasteiger partial charge in [-0.3, -0.25) is 9.59 Å². The van der Waals surface area contributed by atoms with Crippen molar-refractivity contribution in [3.63, 3.8) is 0 Å². The number of nitrogens with one attached hydrogen (secondary N) is 2. The molecule has 6 nitrogen and oxygen atoms in total. The molecule has 0 bridgehead atoms. The molecule has 1 saturated heterocycles. The van der Waals surface area contributed by atoms with Gasteiger partial charge in [0.25, 0.3) is 5.91 Å². The molecule has 1 fully saturated rings. The van der Waals surface area contributed by atoms with E-state index in [1.54, 1.807) is 0 Å². The van der Waals surface area contributed by atoms with Gasteiger partial charge >= 0.3 is 0 Å². The van der Waals surface area contributed by atoms with Gasteiger partial charge in [0.1, 0.15) is 0 Å². The van der Waals surface area contributed by atoms with E-state index in [1.165, 1.54) is 23.6 Å². The summed E-state index contributed by atoms with van der Waals surface area (Å²) in [6.45, 7) is 4.98. The Morgan fingerprint density at radius 2 is 1.62 bits per heavy atom. The summed E-state index contributed by atoms with van der Waals surface area (Å²) in [5.74, 6) is -0.0159. The lowest BCUT2D eigenvalue weighted by Crippen LogP contribution is -2.41. The lowest BCUT2D eigenvalue weighted by Gasteiger charge is -2.21. The minimum Gasteiger partial charge on any atom is -0.350 e. The highest BCUT2D eigenvalue weighted by Gasteiger charge is 2.23. The minimum absolute atomic E-state index is 0.0454. The zero-order valence-electron chi connectivity index (χ0n) is 23.3. The van der Waals surface area contributed by atoms with Gasteiger partial charge < -0.3 is 21.3 Å². The zero-order valence-corrected chi connectivity index (χ0v) is 23.3. The Morgan fingerprint density at radius 1 is 0.925 bits per heavy atom. The second-order valence-corrected chi connectivity index (χ2v) is 10.1. The number of hydrogen-bond acceptors (Lipinski definition) is 4. The van der Waals surface area contributed by atoms with Gasteiger partial charge in [0, 0.05) is 31.2 Å². The molecule has 0 spiro atoms. The molecular weight excluding hydrogens is 496 g/mol. The molecule has 4 aromatic rings. The van der Waals surface area contributed by atoms with Crippen molar-refractivity contribution in [2.45, 2.75) is 38.8 Å². The average Bonchev–Trinajstić information content (AvgIpc) is 3.18. The quantitative estimate of drug-likeness (QED) is 0.282. The topological polar surface area (TPSA) is 87.5 Å². The van der Waals surface area contributed by atoms with Crippen LogP contribution in [0.4, 0.5) is 0 Å². The number of nitrogens with zero attached hydrogens (tertiary/aromatic N) is 1. The number of amides is 2. The van der Waals surface area contributed by atoms with Gasteiger partial charge in [-0.25, -0.2) is 0 Å². The predicted molar refractivity (Wildman–Crippen MR) is 164 cm³/mol. The van der Waals surface area contributed by atoms with Gasteiger partial charge in [0.15, 0.2) is 0 Å². The molecule has 1 aliphatic heterocycles. The second kappa shape index (κ2) is 15.0. The Balaban J connectivity index is 0.000000681. The molecule has 208 valence electrons. The highest BCUT2D eigenvalue weighted by Crippen LogP contribution is 2.21. The molecule has 0 radical (unpaired) electrons. The van der Waals surface area contributed by atoms with Gasteiger partial charge in [-0.1, -0.05) is 98.3 Å². The Kier molecular flexibility index (Phi) is 10.8. The van der Waals surface area contributed by atoms with Gasteiger partial charge in [0.05, 0.1) is 6.54 Å². The molecule has 0 saturated carbocycles. The monoisotopic (exact) mass is 536 g/mol. The number of nitrogens with two attached hydrogens (primary N) is 1. The van der Waals surface area contributed by atoms with Crippen LogP contribution in [-0.4, -0.2) is 48.9 Å². The minimum atomic E-state index is -0.102. The van der Waals surface area contributed by atoms with E-state index in [0.717, 1.165) is 29.7 Å². The van der Waals surface area contributed by atoms with Crippen molar-refractivity contribution >= 4 is 22.6 Å². The number of benzene rings is 4. The van der Waals surface area contributed by atoms with Crippen LogP contribution in [0, 0.1) is 0 Å². The second-order valence-electron chi connectivity index (χ2n) is 10.1. The average molecular weight is 537 g/mol. The maximum Gasteiger partial charge on any atom is 0.251 e. The molecule has 0 aliphatic carbocycles. The first-order chi connectivity index (χ1) is 19.6. The van der Waals surface area contributed by atoms with Gasteiger partial charge in [-0.15, -0.1) is 0 Å². The highest BCUT2D eigenvalue weighted by atomic mass is 16.2. The third-order valence-electron chi connectivity index (χ3n) is 7.20. The van der Waals surface area contributed by atoms with Gasteiger partial charge in [-0.05, 0) is 59.0 Å². The summed E-state index contributed by atoms with van der Waals surface area (Å²) in [5, 5.41) is 8.71. The molecule has 4 aromatic carbocycles. The first-order valence-electron chi connectivity index (χ1n) is 14.2. The first kappa shape index (κ1) is 29.0. The standard InChI is InChI=1S/C30H29N3O2.C4H11N/c34-29-20-31-27(17-18-33(29)21-26-11-6-10-24-9-4-5-12-28(24)26)19-32-30(35)25-15-13-23(14-16-25)22-7-2-1-3-8-22;1-2-3-4-5/h1-16,27,31H,17-21H2,(H,32,35);2-5H2,1H3. The number of rotatable bonds is 8. The predicted octanol–water partition coefficient (Wildman–Crippen LogP) is 5.37. The lowest BCUT2D eigenvalue weighted by molar-refractivity contribution is -0.130. The fraction of sp³-hybridized carbons (Fsp3) is 0.294. The summed E-state index contributed by atoms with van der Waals surface area (Å²) in [7, 11) is 0. The van der Waals surface area contributed by atoms with Crippen molar-refractivity contribution in [2.24, 2.45) is 5.73 Å². The largest absolute Gasteiger partial charge is 0.350 e. The summed E-state index contributed by atoms with van der Waals surface area (Å²) in [6.07, 6.45) is 3.17. The number of fused-ring (bicyclic) bond motifs is 1. The fourth-order valence-electron chi connectivity index (χ4n) is 4.83. The SMILES string of the molecule is CCCCN.O=C(NCC1CCN(Cc2cccc3ccccc23)C(=O)CN1)c1ccc(-c2ccccc2)cc1. The van der Waals surface area contributed by atoms with E-state index in [4.69, 9.17) is 5.73 Å². The number of unbranched alkanes of at least 4 members (excludes halogenated alkanes) is 1. The molecule has 2 amide bonds. The third-order valence-corrected chi connectivity index (χ3v) is 7.20. The molecule has 40 heavy (non-hydrogen) atoms. The van der Waals surface area contributed by atoms with Crippen LogP contribution in [-0.2, 0) is 11.3 Å². The van der Waals surface area contributed by atoms with Crippen molar-refractivity contribution in [2.75, 3.05) is 26.2 Å². The molecule has 6 heteroatoms. The third kappa shape index (κ3) is 8.01. The van der Waals surface area contributed by atoms with E-state index in [2.05, 4.69) is 54.0 Å². The van der Waals surface area contributed by atoms with Crippen molar-refractivity contribution in [3.05, 3.63) is 108 Å². The van der Waals surface area contributed by atoms with E-state index in [0.29, 0.717) is 25.2 Å². The summed E-state index contributed by atoms with van der Waals surface area (Å²) in [5.41, 5.74) is 9.13. The molecule has 0 aromatic heterocycles. The number of carbonyl (C=O) groups is 2. The Hall–Kier alpha value is -4.00. The van der Waals surface area contributed by atoms with Crippen LogP contribution in [0.2, 0.25) is 0 Å². The molecule has 4 N–H and O–H groups in total. The Labute approximate surface area is 237 Å². The maximum atomic E-state index is 12.8. The molecular formula is C34H40N4O2. The van der Waals surface area contributed by atoms with E-state index in [1.807, 2.05) is 65.6 Å². The summed E-state index contributed by atoms with van der Waals surface area (Å²) in [4.78, 5) is 27.4. The van der Waals surface area contributed by atoms with Crippen LogP contribution < -0.4 is 16.4 Å². The normalized spacial score (nSPS) is 15.2. The summed E-state index contributed by atoms with van der Waals surface area (Å²) >= 11 is 0. The van der Waals surface area contributed by atoms with Crippen LogP contribution in [0.25, 0.3) is 21.9 Å². The van der Waals surface area contributed by atoms with Gasteiger partial charge in [-0.2, -0.15) is 0 Å². The van der Waals surface area contributed by atoms with Crippen LogP contribution in [0.1, 0.15) is 42.1 Å². The summed E-state index contributed by atoms with van der Waals surface area (Å²) in [6, 6.07) is 32.3.